The monoisotopic (exact) mass is 693 g/mol. The van der Waals surface area contributed by atoms with Gasteiger partial charge in [0.05, 0.1) is 37.5 Å². The average Bonchev–Trinajstić information content (AvgIpc) is 3.10. The fraction of sp³-hybridized carbons (Fsp3) is 0.432. The van der Waals surface area contributed by atoms with Gasteiger partial charge in [0.15, 0.2) is 0 Å². The Labute approximate surface area is 292 Å². The maximum atomic E-state index is 14.4. The fourth-order valence-corrected chi connectivity index (χ4v) is 5.54. The van der Waals surface area contributed by atoms with E-state index in [9.17, 15) is 23.9 Å². The van der Waals surface area contributed by atoms with Gasteiger partial charge >= 0.3 is 12.1 Å². The summed E-state index contributed by atoms with van der Waals surface area (Å²) >= 11 is 0. The standard InChI is InChI=1S/C37H48FN5O7/c1-24-21-43(25(2)23-44)35(45)32-20-30(40-36(46)39-28-11-9-27(38)10-12-28)15-18-33(32)50-26(3)8-6-7-19-49-34(24)22-42(4)37(47)41-29-13-16-31(48-5)17-14-29/h9-18,20,24-26,34,44H,6-8,19,21-23H2,1-5H3,(H,41,47)(H2,39,40,46)/t24-,25+,26+,34-/m1/s1. The summed E-state index contributed by atoms with van der Waals surface area (Å²) in [6, 6.07) is 15.8. The predicted octanol–water partition coefficient (Wildman–Crippen LogP) is 6.44. The molecule has 270 valence electrons. The first kappa shape index (κ1) is 37.9. The topological polar surface area (TPSA) is 142 Å². The van der Waals surface area contributed by atoms with Gasteiger partial charge in [-0.1, -0.05) is 6.92 Å². The van der Waals surface area contributed by atoms with Crippen LogP contribution in [0.4, 0.5) is 31.0 Å². The molecule has 1 aliphatic rings. The molecule has 50 heavy (non-hydrogen) atoms. The molecular formula is C37H48FN5O7. The van der Waals surface area contributed by atoms with E-state index in [0.717, 1.165) is 12.8 Å². The highest BCUT2D eigenvalue weighted by atomic mass is 19.1. The summed E-state index contributed by atoms with van der Waals surface area (Å²) in [7, 11) is 3.27. The third kappa shape index (κ3) is 10.8. The number of fused-ring (bicyclic) bond motifs is 1. The maximum absolute atomic E-state index is 14.4. The molecule has 0 bridgehead atoms. The van der Waals surface area contributed by atoms with Crippen molar-refractivity contribution in [3.63, 3.8) is 0 Å². The van der Waals surface area contributed by atoms with Gasteiger partial charge in [-0.05, 0) is 99.8 Å². The van der Waals surface area contributed by atoms with Crippen LogP contribution < -0.4 is 25.4 Å². The van der Waals surface area contributed by atoms with E-state index in [1.165, 1.54) is 24.3 Å². The molecule has 1 aliphatic heterocycles. The van der Waals surface area contributed by atoms with Crippen LogP contribution in [0, 0.1) is 11.7 Å². The number of aliphatic hydroxyl groups excluding tert-OH is 1. The first-order valence-corrected chi connectivity index (χ1v) is 16.8. The van der Waals surface area contributed by atoms with Crippen molar-refractivity contribution in [2.75, 3.05) is 56.4 Å². The van der Waals surface area contributed by atoms with Crippen LogP contribution in [-0.4, -0.2) is 91.6 Å². The zero-order chi connectivity index (χ0) is 36.2. The van der Waals surface area contributed by atoms with Gasteiger partial charge in [0.25, 0.3) is 5.91 Å². The number of carbonyl (C=O) groups is 3. The van der Waals surface area contributed by atoms with Crippen molar-refractivity contribution in [2.45, 2.75) is 58.3 Å². The number of anilines is 3. The Morgan fingerprint density at radius 2 is 1.64 bits per heavy atom. The van der Waals surface area contributed by atoms with Gasteiger partial charge in [-0.2, -0.15) is 0 Å². The lowest BCUT2D eigenvalue weighted by Crippen LogP contribution is -2.48. The zero-order valence-corrected chi connectivity index (χ0v) is 29.3. The number of hydrogen-bond acceptors (Lipinski definition) is 7. The maximum Gasteiger partial charge on any atom is 0.323 e. The predicted molar refractivity (Wildman–Crippen MR) is 191 cm³/mol. The van der Waals surface area contributed by atoms with Gasteiger partial charge in [-0.15, -0.1) is 0 Å². The number of ether oxygens (including phenoxy) is 3. The molecule has 12 nitrogen and oxygen atoms in total. The summed E-state index contributed by atoms with van der Waals surface area (Å²) in [5.41, 5.74) is 1.57. The van der Waals surface area contributed by atoms with Crippen LogP contribution in [0.3, 0.4) is 0 Å². The van der Waals surface area contributed by atoms with Crippen LogP contribution in [0.1, 0.15) is 50.4 Å². The Morgan fingerprint density at radius 1 is 1.00 bits per heavy atom. The number of rotatable bonds is 8. The number of aliphatic hydroxyl groups is 1. The molecule has 0 saturated heterocycles. The summed E-state index contributed by atoms with van der Waals surface area (Å²) < 4.78 is 31.1. The number of amides is 5. The quantitative estimate of drug-likeness (QED) is 0.213. The summed E-state index contributed by atoms with van der Waals surface area (Å²) in [6.07, 6.45) is 1.64. The van der Waals surface area contributed by atoms with E-state index < -0.39 is 29.9 Å². The summed E-state index contributed by atoms with van der Waals surface area (Å²) in [5.74, 6) is -0.0404. The van der Waals surface area contributed by atoms with E-state index >= 15 is 0 Å². The van der Waals surface area contributed by atoms with Crippen molar-refractivity contribution in [1.29, 1.82) is 0 Å². The van der Waals surface area contributed by atoms with Crippen molar-refractivity contribution < 1.29 is 38.1 Å². The molecule has 0 unspecified atom stereocenters. The van der Waals surface area contributed by atoms with E-state index in [1.54, 1.807) is 73.3 Å². The Kier molecular flexibility index (Phi) is 13.8. The lowest BCUT2D eigenvalue weighted by atomic mass is 10.0. The van der Waals surface area contributed by atoms with Crippen LogP contribution in [0.2, 0.25) is 0 Å². The normalized spacial score (nSPS) is 19.2. The van der Waals surface area contributed by atoms with Crippen molar-refractivity contribution in [1.82, 2.24) is 9.80 Å². The number of methoxy groups -OCH3 is 1. The molecule has 4 atom stereocenters. The molecule has 4 N–H and O–H groups in total. The molecule has 3 aromatic carbocycles. The smallest absolute Gasteiger partial charge is 0.323 e. The number of halogens is 1. The van der Waals surface area contributed by atoms with Gasteiger partial charge in [-0.3, -0.25) is 4.79 Å². The molecule has 0 saturated carbocycles. The highest BCUT2D eigenvalue weighted by molar-refractivity contribution is 6.02. The minimum atomic E-state index is -0.575. The zero-order valence-electron chi connectivity index (χ0n) is 29.3. The number of nitrogens with one attached hydrogen (secondary N) is 3. The molecule has 13 heteroatoms. The number of urea groups is 2. The molecule has 5 amide bonds. The minimum Gasteiger partial charge on any atom is -0.497 e. The van der Waals surface area contributed by atoms with Gasteiger partial charge < -0.3 is 45.1 Å². The fourth-order valence-electron chi connectivity index (χ4n) is 5.54. The Morgan fingerprint density at radius 3 is 2.32 bits per heavy atom. The van der Waals surface area contributed by atoms with Gasteiger partial charge in [-0.25, -0.2) is 14.0 Å². The number of hydrogen-bond donors (Lipinski definition) is 4. The summed E-state index contributed by atoms with van der Waals surface area (Å²) in [6.45, 7) is 6.26. The van der Waals surface area contributed by atoms with Gasteiger partial charge in [0.1, 0.15) is 17.3 Å². The van der Waals surface area contributed by atoms with E-state index in [-0.39, 0.29) is 43.3 Å². The number of benzene rings is 3. The average molecular weight is 694 g/mol. The highest BCUT2D eigenvalue weighted by Gasteiger charge is 2.31. The molecule has 3 aromatic rings. The number of carbonyl (C=O) groups excluding carboxylic acids is 3. The van der Waals surface area contributed by atoms with Crippen LogP contribution >= 0.6 is 0 Å². The third-order valence-electron chi connectivity index (χ3n) is 8.55. The molecule has 0 aromatic heterocycles. The molecule has 0 aliphatic carbocycles. The molecule has 1 heterocycles. The number of nitrogens with zero attached hydrogens (tertiary/aromatic N) is 2. The van der Waals surface area contributed by atoms with Crippen molar-refractivity contribution in [3.8, 4) is 11.5 Å². The SMILES string of the molecule is COc1ccc(NC(=O)N(C)C[C@H]2OCCCC[C@H](C)Oc3ccc(NC(=O)Nc4ccc(F)cc4)cc3C(=O)N([C@@H](C)CO)C[C@H]2C)cc1. The van der Waals surface area contributed by atoms with E-state index in [2.05, 4.69) is 16.0 Å². The van der Waals surface area contributed by atoms with Crippen molar-refractivity contribution in [3.05, 3.63) is 78.1 Å². The molecule has 0 radical (unpaired) electrons. The third-order valence-corrected chi connectivity index (χ3v) is 8.55. The van der Waals surface area contributed by atoms with Crippen molar-refractivity contribution in [2.24, 2.45) is 5.92 Å². The molecule has 4 rings (SSSR count). The van der Waals surface area contributed by atoms with Gasteiger partial charge in [0.2, 0.25) is 0 Å². The van der Waals surface area contributed by atoms with E-state index in [1.807, 2.05) is 13.8 Å². The van der Waals surface area contributed by atoms with Crippen molar-refractivity contribution >= 4 is 35.0 Å². The second kappa shape index (κ2) is 18.2. The Balaban J connectivity index is 1.56. The van der Waals surface area contributed by atoms with Gasteiger partial charge in [0, 0.05) is 49.7 Å². The second-order valence-electron chi connectivity index (χ2n) is 12.6. The van der Waals surface area contributed by atoms with Crippen LogP contribution in [0.15, 0.2) is 66.7 Å². The highest BCUT2D eigenvalue weighted by Crippen LogP contribution is 2.29. The van der Waals surface area contributed by atoms with Crippen LogP contribution in [0.25, 0.3) is 0 Å². The first-order chi connectivity index (χ1) is 24.0. The van der Waals surface area contributed by atoms with Crippen LogP contribution in [-0.2, 0) is 4.74 Å². The molecular weight excluding hydrogens is 645 g/mol. The van der Waals surface area contributed by atoms with E-state index in [0.29, 0.717) is 41.6 Å². The molecule has 0 fully saturated rings. The largest absolute Gasteiger partial charge is 0.497 e. The summed E-state index contributed by atoms with van der Waals surface area (Å²) in [4.78, 5) is 43.4. The minimum absolute atomic E-state index is 0.205. The Hall–Kier alpha value is -4.88. The van der Waals surface area contributed by atoms with E-state index in [4.69, 9.17) is 14.2 Å². The Bertz CT molecular complexity index is 1570. The lowest BCUT2D eigenvalue weighted by Gasteiger charge is -2.35. The van der Waals surface area contributed by atoms with Crippen LogP contribution in [0.5, 0.6) is 11.5 Å². The lowest BCUT2D eigenvalue weighted by molar-refractivity contribution is -0.0115. The first-order valence-electron chi connectivity index (χ1n) is 16.8. The second-order valence-corrected chi connectivity index (χ2v) is 12.6. The molecule has 0 spiro atoms. The summed E-state index contributed by atoms with van der Waals surface area (Å²) in [5, 5.41) is 18.5. The number of likely N-dealkylation sites (N-methyl/N-ethyl adjacent to an activating group) is 1.